The van der Waals surface area contributed by atoms with Crippen LogP contribution in [-0.2, 0) is 14.3 Å². The molecule has 4 nitrogen and oxygen atoms in total. The van der Waals surface area contributed by atoms with E-state index in [2.05, 4.69) is 6.58 Å². The number of rotatable bonds is 6. The second kappa shape index (κ2) is 7.04. The molecule has 4 heteroatoms. The lowest BCUT2D eigenvalue weighted by atomic mass is 10.2. The van der Waals surface area contributed by atoms with Crippen LogP contribution < -0.4 is 0 Å². The fraction of sp³-hybridized carbons (Fsp3) is 0.636. The lowest BCUT2D eigenvalue weighted by Crippen LogP contribution is -2.33. The molecule has 0 aliphatic rings. The Balaban J connectivity index is 3.87. The van der Waals surface area contributed by atoms with Gasteiger partial charge in [0.2, 0.25) is 5.91 Å². The third-order valence-electron chi connectivity index (χ3n) is 1.94. The summed E-state index contributed by atoms with van der Waals surface area (Å²) in [6, 6.07) is 0. The summed E-state index contributed by atoms with van der Waals surface area (Å²) in [4.78, 5) is 23.9. The molecule has 0 unspecified atom stereocenters. The average molecular weight is 213 g/mol. The number of ether oxygens (including phenoxy) is 1. The van der Waals surface area contributed by atoms with Crippen molar-refractivity contribution in [3.05, 3.63) is 12.7 Å². The molecule has 0 radical (unpaired) electrons. The summed E-state index contributed by atoms with van der Waals surface area (Å²) < 4.78 is 4.96. The molecule has 0 aromatic heterocycles. The van der Waals surface area contributed by atoms with Crippen LogP contribution in [0.2, 0.25) is 0 Å². The Labute approximate surface area is 90.9 Å². The second-order valence-electron chi connectivity index (χ2n) is 3.44. The SMILES string of the molecule is C=CC(=O)N(CC)CCOC(=O)C(C)C. The highest BCUT2D eigenvalue weighted by Gasteiger charge is 2.11. The maximum absolute atomic E-state index is 11.2. The predicted octanol–water partition coefficient (Wildman–Crippen LogP) is 1.22. The van der Waals surface area contributed by atoms with Gasteiger partial charge in [0.05, 0.1) is 12.5 Å². The van der Waals surface area contributed by atoms with Crippen molar-refractivity contribution in [2.24, 2.45) is 5.92 Å². The highest BCUT2D eigenvalue weighted by molar-refractivity contribution is 5.86. The summed E-state index contributed by atoms with van der Waals surface area (Å²) in [6.45, 7) is 10.1. The molecule has 0 aromatic carbocycles. The fourth-order valence-electron chi connectivity index (χ4n) is 0.976. The minimum absolute atomic E-state index is 0.129. The Hall–Kier alpha value is -1.32. The molecule has 0 rings (SSSR count). The van der Waals surface area contributed by atoms with Gasteiger partial charge < -0.3 is 9.64 Å². The molecule has 15 heavy (non-hydrogen) atoms. The lowest BCUT2D eigenvalue weighted by Gasteiger charge is -2.18. The maximum atomic E-state index is 11.2. The average Bonchev–Trinajstić information content (AvgIpc) is 2.22. The first kappa shape index (κ1) is 13.7. The Morgan fingerprint density at radius 1 is 1.47 bits per heavy atom. The quantitative estimate of drug-likeness (QED) is 0.492. The topological polar surface area (TPSA) is 46.6 Å². The van der Waals surface area contributed by atoms with Gasteiger partial charge in [-0.15, -0.1) is 0 Å². The largest absolute Gasteiger partial charge is 0.464 e. The Morgan fingerprint density at radius 2 is 2.07 bits per heavy atom. The van der Waals surface area contributed by atoms with Crippen molar-refractivity contribution < 1.29 is 14.3 Å². The summed E-state index contributed by atoms with van der Waals surface area (Å²) in [5.41, 5.74) is 0. The van der Waals surface area contributed by atoms with E-state index in [-0.39, 0.29) is 24.4 Å². The van der Waals surface area contributed by atoms with E-state index >= 15 is 0 Å². The molecule has 0 saturated carbocycles. The third-order valence-corrected chi connectivity index (χ3v) is 1.94. The monoisotopic (exact) mass is 213 g/mol. The van der Waals surface area contributed by atoms with Crippen LogP contribution >= 0.6 is 0 Å². The maximum Gasteiger partial charge on any atom is 0.308 e. The normalized spacial score (nSPS) is 9.87. The van der Waals surface area contributed by atoms with Crippen molar-refractivity contribution in [1.29, 1.82) is 0 Å². The molecule has 1 amide bonds. The van der Waals surface area contributed by atoms with E-state index in [4.69, 9.17) is 4.74 Å². The van der Waals surface area contributed by atoms with Gasteiger partial charge in [-0.2, -0.15) is 0 Å². The minimum Gasteiger partial charge on any atom is -0.464 e. The number of likely N-dealkylation sites (N-methyl/N-ethyl adjacent to an activating group) is 1. The number of carbonyl (C=O) groups excluding carboxylic acids is 2. The summed E-state index contributed by atoms with van der Waals surface area (Å²) in [7, 11) is 0. The van der Waals surface area contributed by atoms with Crippen molar-refractivity contribution in [3.8, 4) is 0 Å². The minimum atomic E-state index is -0.239. The molecule has 0 spiro atoms. The van der Waals surface area contributed by atoms with Crippen molar-refractivity contribution in [2.45, 2.75) is 20.8 Å². The van der Waals surface area contributed by atoms with Crippen LogP contribution in [0, 0.1) is 5.92 Å². The molecule has 0 N–H and O–H groups in total. The highest BCUT2D eigenvalue weighted by atomic mass is 16.5. The van der Waals surface area contributed by atoms with Crippen LogP contribution in [0.5, 0.6) is 0 Å². The summed E-state index contributed by atoms with van der Waals surface area (Å²) in [5, 5.41) is 0. The lowest BCUT2D eigenvalue weighted by molar-refractivity contribution is -0.148. The van der Waals surface area contributed by atoms with Gasteiger partial charge in [0, 0.05) is 6.54 Å². The predicted molar refractivity (Wildman–Crippen MR) is 58.2 cm³/mol. The molecule has 0 heterocycles. The van der Waals surface area contributed by atoms with Gasteiger partial charge in [-0.1, -0.05) is 20.4 Å². The molecule has 0 saturated heterocycles. The van der Waals surface area contributed by atoms with Crippen LogP contribution in [-0.4, -0.2) is 36.5 Å². The van der Waals surface area contributed by atoms with E-state index in [9.17, 15) is 9.59 Å². The number of hydrogen-bond donors (Lipinski definition) is 0. The highest BCUT2D eigenvalue weighted by Crippen LogP contribution is 1.97. The van der Waals surface area contributed by atoms with Gasteiger partial charge >= 0.3 is 5.97 Å². The van der Waals surface area contributed by atoms with Gasteiger partial charge in [0.25, 0.3) is 0 Å². The number of carbonyl (C=O) groups is 2. The van der Waals surface area contributed by atoms with Gasteiger partial charge in [0.1, 0.15) is 6.61 Å². The second-order valence-corrected chi connectivity index (χ2v) is 3.44. The number of amides is 1. The van der Waals surface area contributed by atoms with Gasteiger partial charge in [0.15, 0.2) is 0 Å². The number of esters is 1. The van der Waals surface area contributed by atoms with Crippen molar-refractivity contribution >= 4 is 11.9 Å². The fourth-order valence-corrected chi connectivity index (χ4v) is 0.976. The van der Waals surface area contributed by atoms with E-state index in [0.29, 0.717) is 13.1 Å². The molecular weight excluding hydrogens is 194 g/mol. The molecule has 0 aliphatic heterocycles. The van der Waals surface area contributed by atoms with E-state index < -0.39 is 0 Å². The number of nitrogens with zero attached hydrogens (tertiary/aromatic N) is 1. The Morgan fingerprint density at radius 3 is 2.47 bits per heavy atom. The van der Waals surface area contributed by atoms with Crippen molar-refractivity contribution in [1.82, 2.24) is 4.90 Å². The van der Waals surface area contributed by atoms with Crippen LogP contribution in [0.3, 0.4) is 0 Å². The first-order valence-electron chi connectivity index (χ1n) is 5.10. The van der Waals surface area contributed by atoms with Gasteiger partial charge in [-0.05, 0) is 13.0 Å². The van der Waals surface area contributed by atoms with Gasteiger partial charge in [-0.25, -0.2) is 0 Å². The van der Waals surface area contributed by atoms with E-state index in [1.807, 2.05) is 6.92 Å². The molecule has 86 valence electrons. The van der Waals surface area contributed by atoms with E-state index in [0.717, 1.165) is 0 Å². The first-order valence-corrected chi connectivity index (χ1v) is 5.10. The van der Waals surface area contributed by atoms with E-state index in [1.54, 1.807) is 18.7 Å². The van der Waals surface area contributed by atoms with Crippen LogP contribution in [0.4, 0.5) is 0 Å². The summed E-state index contributed by atoms with van der Waals surface area (Å²) in [6.07, 6.45) is 1.26. The third kappa shape index (κ3) is 5.20. The van der Waals surface area contributed by atoms with Crippen LogP contribution in [0.15, 0.2) is 12.7 Å². The van der Waals surface area contributed by atoms with Crippen molar-refractivity contribution in [2.75, 3.05) is 19.7 Å². The first-order chi connectivity index (χ1) is 7.02. The molecule has 0 fully saturated rings. The van der Waals surface area contributed by atoms with E-state index in [1.165, 1.54) is 6.08 Å². The zero-order valence-electron chi connectivity index (χ0n) is 9.66. The molecule has 0 aliphatic carbocycles. The van der Waals surface area contributed by atoms with Crippen molar-refractivity contribution in [3.63, 3.8) is 0 Å². The molecule has 0 atom stereocenters. The standard InChI is InChI=1S/C11H19NO3/c1-5-10(13)12(6-2)7-8-15-11(14)9(3)4/h5,9H,1,6-8H2,2-4H3. The number of hydrogen-bond acceptors (Lipinski definition) is 3. The Bertz CT molecular complexity index is 236. The molecular formula is C11H19NO3. The van der Waals surface area contributed by atoms with Gasteiger partial charge in [-0.3, -0.25) is 9.59 Å². The summed E-state index contributed by atoms with van der Waals surface area (Å²) >= 11 is 0. The molecule has 0 aromatic rings. The van der Waals surface area contributed by atoms with Crippen LogP contribution in [0.25, 0.3) is 0 Å². The zero-order chi connectivity index (χ0) is 11.8. The smallest absolute Gasteiger partial charge is 0.308 e. The molecule has 0 bridgehead atoms. The summed E-state index contributed by atoms with van der Waals surface area (Å²) in [5.74, 6) is -0.509. The zero-order valence-corrected chi connectivity index (χ0v) is 9.66. The van der Waals surface area contributed by atoms with Crippen LogP contribution in [0.1, 0.15) is 20.8 Å². The Kier molecular flexibility index (Phi) is 6.42.